The lowest BCUT2D eigenvalue weighted by molar-refractivity contribution is -0.136. The van der Waals surface area contributed by atoms with Crippen LogP contribution in [0.4, 0.5) is 8.78 Å². The average Bonchev–Trinajstić information content (AvgIpc) is 3.12. The number of ether oxygens (including phenoxy) is 2. The molecule has 164 valence electrons. The van der Waals surface area contributed by atoms with Gasteiger partial charge in [-0.1, -0.05) is 6.07 Å². The molecule has 0 spiro atoms. The second kappa shape index (κ2) is 10.2. The molecule has 0 saturated carbocycles. The second-order valence-corrected chi connectivity index (χ2v) is 8.53. The van der Waals surface area contributed by atoms with E-state index < -0.39 is 6.61 Å². The number of carbonyl (C=O) groups excluding carboxylic acids is 1. The van der Waals surface area contributed by atoms with Gasteiger partial charge in [-0.2, -0.15) is 8.78 Å². The SMILES string of the molecule is COc1ccc(CN(C)C(=O)C2CCN(Cc3csc(C)n3)CC2)cc1OC(F)F. The monoisotopic (exact) mass is 439 g/mol. The Balaban J connectivity index is 1.53. The van der Waals surface area contributed by atoms with Crippen molar-refractivity contribution in [3.63, 3.8) is 0 Å². The van der Waals surface area contributed by atoms with Gasteiger partial charge in [0.2, 0.25) is 5.91 Å². The summed E-state index contributed by atoms with van der Waals surface area (Å²) >= 11 is 1.65. The van der Waals surface area contributed by atoms with Crippen molar-refractivity contribution in [2.75, 3.05) is 27.2 Å². The van der Waals surface area contributed by atoms with Crippen LogP contribution in [0.1, 0.15) is 29.1 Å². The summed E-state index contributed by atoms with van der Waals surface area (Å²) in [6, 6.07) is 4.82. The molecule has 0 bridgehead atoms. The number of halogens is 2. The lowest BCUT2D eigenvalue weighted by Gasteiger charge is -2.32. The molecule has 0 atom stereocenters. The molecule has 2 heterocycles. The number of nitrogens with zero attached hydrogens (tertiary/aromatic N) is 3. The van der Waals surface area contributed by atoms with E-state index in [4.69, 9.17) is 4.74 Å². The van der Waals surface area contributed by atoms with Crippen LogP contribution < -0.4 is 9.47 Å². The Morgan fingerprint density at radius 2 is 2.07 bits per heavy atom. The minimum absolute atomic E-state index is 0.0292. The topological polar surface area (TPSA) is 54.9 Å². The number of thiazole rings is 1. The first-order valence-corrected chi connectivity index (χ1v) is 10.7. The second-order valence-electron chi connectivity index (χ2n) is 7.47. The molecule has 1 aromatic heterocycles. The number of aromatic nitrogens is 1. The van der Waals surface area contributed by atoms with Gasteiger partial charge in [0, 0.05) is 31.4 Å². The highest BCUT2D eigenvalue weighted by atomic mass is 32.1. The van der Waals surface area contributed by atoms with Crippen molar-refractivity contribution in [3.05, 3.63) is 39.8 Å². The number of hydrogen-bond acceptors (Lipinski definition) is 6. The van der Waals surface area contributed by atoms with Crippen LogP contribution in [0.3, 0.4) is 0 Å². The number of benzene rings is 1. The van der Waals surface area contributed by atoms with E-state index in [0.29, 0.717) is 12.1 Å². The zero-order valence-corrected chi connectivity index (χ0v) is 18.3. The van der Waals surface area contributed by atoms with Crippen LogP contribution in [-0.2, 0) is 17.9 Å². The standard InChI is InChI=1S/C21H27F2N3O3S/c1-14-24-17(13-30-14)12-26-8-6-16(7-9-26)20(27)25(2)11-15-4-5-18(28-3)19(10-15)29-21(22)23/h4-5,10,13,16,21H,6-9,11-12H2,1-3H3. The number of piperidine rings is 1. The maximum Gasteiger partial charge on any atom is 0.387 e. The molecule has 0 aliphatic carbocycles. The predicted octanol–water partition coefficient (Wildman–Crippen LogP) is 3.93. The third-order valence-corrected chi connectivity index (χ3v) is 6.05. The summed E-state index contributed by atoms with van der Waals surface area (Å²) in [6.45, 7) is 1.92. The van der Waals surface area contributed by atoms with Gasteiger partial charge in [0.25, 0.3) is 0 Å². The first-order valence-electron chi connectivity index (χ1n) is 9.85. The number of amides is 1. The highest BCUT2D eigenvalue weighted by Crippen LogP contribution is 2.30. The first kappa shape index (κ1) is 22.4. The Labute approximate surface area is 179 Å². The van der Waals surface area contributed by atoms with E-state index in [-0.39, 0.29) is 23.3 Å². The van der Waals surface area contributed by atoms with Gasteiger partial charge in [-0.25, -0.2) is 4.98 Å². The van der Waals surface area contributed by atoms with Crippen molar-refractivity contribution in [3.8, 4) is 11.5 Å². The molecular formula is C21H27F2N3O3S. The van der Waals surface area contributed by atoms with E-state index in [1.165, 1.54) is 13.2 Å². The van der Waals surface area contributed by atoms with Gasteiger partial charge in [0.1, 0.15) is 0 Å². The lowest BCUT2D eigenvalue weighted by atomic mass is 9.95. The number of carbonyl (C=O) groups is 1. The highest BCUT2D eigenvalue weighted by Gasteiger charge is 2.27. The zero-order chi connectivity index (χ0) is 21.7. The third-order valence-electron chi connectivity index (χ3n) is 5.23. The zero-order valence-electron chi connectivity index (χ0n) is 17.4. The summed E-state index contributed by atoms with van der Waals surface area (Å²) in [4.78, 5) is 21.4. The molecule has 0 unspecified atom stereocenters. The normalized spacial score (nSPS) is 15.4. The van der Waals surface area contributed by atoms with Gasteiger partial charge < -0.3 is 14.4 Å². The Hall–Kier alpha value is -2.26. The smallest absolute Gasteiger partial charge is 0.387 e. The van der Waals surface area contributed by atoms with Crippen molar-refractivity contribution in [2.45, 2.75) is 39.5 Å². The van der Waals surface area contributed by atoms with E-state index in [1.807, 2.05) is 6.92 Å². The molecule has 1 fully saturated rings. The summed E-state index contributed by atoms with van der Waals surface area (Å²) in [7, 11) is 3.13. The molecule has 2 aromatic rings. The number of alkyl halides is 2. The molecule has 1 saturated heterocycles. The molecular weight excluding hydrogens is 412 g/mol. The van der Waals surface area contributed by atoms with Crippen LogP contribution in [0.5, 0.6) is 11.5 Å². The van der Waals surface area contributed by atoms with Crippen molar-refractivity contribution < 1.29 is 23.0 Å². The maximum absolute atomic E-state index is 12.9. The number of methoxy groups -OCH3 is 1. The quantitative estimate of drug-likeness (QED) is 0.624. The largest absolute Gasteiger partial charge is 0.493 e. The molecule has 1 amide bonds. The van der Waals surface area contributed by atoms with E-state index in [9.17, 15) is 13.6 Å². The minimum atomic E-state index is -2.94. The van der Waals surface area contributed by atoms with Crippen LogP contribution in [-0.4, -0.2) is 54.5 Å². The van der Waals surface area contributed by atoms with Gasteiger partial charge in [-0.3, -0.25) is 9.69 Å². The van der Waals surface area contributed by atoms with Gasteiger partial charge in [0.15, 0.2) is 11.5 Å². The Kier molecular flexibility index (Phi) is 7.60. The lowest BCUT2D eigenvalue weighted by Crippen LogP contribution is -2.40. The van der Waals surface area contributed by atoms with Crippen molar-refractivity contribution in [1.82, 2.24) is 14.8 Å². The van der Waals surface area contributed by atoms with Crippen molar-refractivity contribution in [2.24, 2.45) is 5.92 Å². The van der Waals surface area contributed by atoms with Crippen LogP contribution in [0, 0.1) is 12.8 Å². The Bertz CT molecular complexity index is 854. The number of hydrogen-bond donors (Lipinski definition) is 0. The predicted molar refractivity (Wildman–Crippen MR) is 111 cm³/mol. The fourth-order valence-electron chi connectivity index (χ4n) is 3.72. The van der Waals surface area contributed by atoms with Crippen LogP contribution in [0.15, 0.2) is 23.6 Å². The first-order chi connectivity index (χ1) is 14.4. The van der Waals surface area contributed by atoms with Crippen LogP contribution in [0.25, 0.3) is 0 Å². The summed E-state index contributed by atoms with van der Waals surface area (Å²) in [5.74, 6) is 0.247. The molecule has 1 aliphatic rings. The van der Waals surface area contributed by atoms with Crippen molar-refractivity contribution in [1.29, 1.82) is 0 Å². The van der Waals surface area contributed by atoms with Crippen molar-refractivity contribution >= 4 is 17.2 Å². The molecule has 0 radical (unpaired) electrons. The summed E-state index contributed by atoms with van der Waals surface area (Å²) in [5.41, 5.74) is 1.79. The number of rotatable bonds is 8. The number of likely N-dealkylation sites (tertiary alicyclic amines) is 1. The van der Waals surface area contributed by atoms with Gasteiger partial charge in [0.05, 0.1) is 17.8 Å². The summed E-state index contributed by atoms with van der Waals surface area (Å²) in [5, 5.41) is 3.15. The number of aryl methyl sites for hydroxylation is 1. The highest BCUT2D eigenvalue weighted by molar-refractivity contribution is 7.09. The Morgan fingerprint density at radius 1 is 1.33 bits per heavy atom. The fraction of sp³-hybridized carbons (Fsp3) is 0.524. The minimum Gasteiger partial charge on any atom is -0.493 e. The molecule has 6 nitrogen and oxygen atoms in total. The Morgan fingerprint density at radius 3 is 2.67 bits per heavy atom. The fourth-order valence-corrected chi connectivity index (χ4v) is 4.32. The molecule has 0 N–H and O–H groups in total. The van der Waals surface area contributed by atoms with Crippen LogP contribution >= 0.6 is 11.3 Å². The molecule has 30 heavy (non-hydrogen) atoms. The molecule has 9 heteroatoms. The van der Waals surface area contributed by atoms with Crippen LogP contribution in [0.2, 0.25) is 0 Å². The van der Waals surface area contributed by atoms with Gasteiger partial charge in [-0.05, 0) is 50.6 Å². The maximum atomic E-state index is 12.9. The molecule has 1 aromatic carbocycles. The van der Waals surface area contributed by atoms with E-state index >= 15 is 0 Å². The summed E-state index contributed by atoms with van der Waals surface area (Å²) in [6.07, 6.45) is 1.60. The summed E-state index contributed by atoms with van der Waals surface area (Å²) < 4.78 is 34.8. The van der Waals surface area contributed by atoms with E-state index in [0.717, 1.165) is 43.2 Å². The van der Waals surface area contributed by atoms with E-state index in [1.54, 1.807) is 35.4 Å². The molecule has 3 rings (SSSR count). The molecule has 1 aliphatic heterocycles. The van der Waals surface area contributed by atoms with E-state index in [2.05, 4.69) is 20.0 Å². The average molecular weight is 440 g/mol. The van der Waals surface area contributed by atoms with Gasteiger partial charge >= 0.3 is 6.61 Å². The third kappa shape index (κ3) is 5.89. The van der Waals surface area contributed by atoms with Gasteiger partial charge in [-0.15, -0.1) is 11.3 Å².